The van der Waals surface area contributed by atoms with Crippen LogP contribution in [0.2, 0.25) is 15.1 Å². The van der Waals surface area contributed by atoms with Crippen LogP contribution in [0.15, 0.2) is 54.6 Å². The van der Waals surface area contributed by atoms with E-state index in [1.54, 1.807) is 0 Å². The molecule has 3 aromatic carbocycles. The Morgan fingerprint density at radius 1 is 0.897 bits per heavy atom. The van der Waals surface area contributed by atoms with Gasteiger partial charge in [-0.05, 0) is 55.3 Å². The zero-order valence-corrected chi connectivity index (χ0v) is 18.5. The van der Waals surface area contributed by atoms with E-state index in [-0.39, 0.29) is 0 Å². The smallest absolute Gasteiger partial charge is 0.180 e. The highest BCUT2D eigenvalue weighted by Crippen LogP contribution is 2.38. The molecule has 0 aliphatic heterocycles. The molecule has 0 aliphatic carbocycles. The van der Waals surface area contributed by atoms with Crippen LogP contribution in [0.3, 0.4) is 0 Å². The number of ether oxygens (including phenoxy) is 2. The SMILES string of the molecule is CCOc1cc(CNc2cc(Cl)ccc2C)cc(Cl)c1OCc1ccccc1Cl. The molecular formula is C23H22Cl3NO2. The quantitative estimate of drug-likeness (QED) is 0.384. The number of halogens is 3. The molecule has 0 spiro atoms. The highest BCUT2D eigenvalue weighted by atomic mass is 35.5. The number of aryl methyl sites for hydroxylation is 1. The second-order valence-corrected chi connectivity index (χ2v) is 7.78. The Hall–Kier alpha value is -2.07. The number of nitrogens with one attached hydrogen (secondary N) is 1. The van der Waals surface area contributed by atoms with E-state index in [1.165, 1.54) is 0 Å². The number of anilines is 1. The third-order valence-corrected chi connectivity index (χ3v) is 5.27. The van der Waals surface area contributed by atoms with Crippen LogP contribution in [-0.2, 0) is 13.2 Å². The molecule has 0 unspecified atom stereocenters. The summed E-state index contributed by atoms with van der Waals surface area (Å²) >= 11 is 18.8. The minimum Gasteiger partial charge on any atom is -0.490 e. The second-order valence-electron chi connectivity index (χ2n) is 6.53. The standard InChI is InChI=1S/C23H22Cl3NO2/c1-3-28-22-11-16(13-27-21-12-18(24)9-8-15(21)2)10-20(26)23(22)29-14-17-6-4-5-7-19(17)25/h4-12,27H,3,13-14H2,1-2H3. The molecule has 3 aromatic rings. The van der Waals surface area contributed by atoms with Crippen molar-refractivity contribution >= 4 is 40.5 Å². The van der Waals surface area contributed by atoms with Crippen LogP contribution in [0, 0.1) is 6.92 Å². The fourth-order valence-electron chi connectivity index (χ4n) is 2.87. The van der Waals surface area contributed by atoms with Gasteiger partial charge in [-0.25, -0.2) is 0 Å². The summed E-state index contributed by atoms with van der Waals surface area (Å²) in [5.74, 6) is 1.11. The Kier molecular flexibility index (Phi) is 7.54. The highest BCUT2D eigenvalue weighted by Gasteiger charge is 2.14. The maximum absolute atomic E-state index is 6.53. The van der Waals surface area contributed by atoms with Gasteiger partial charge < -0.3 is 14.8 Å². The van der Waals surface area contributed by atoms with Gasteiger partial charge in [0, 0.05) is 27.8 Å². The summed E-state index contributed by atoms with van der Waals surface area (Å²) in [6, 6.07) is 17.1. The Morgan fingerprint density at radius 2 is 1.69 bits per heavy atom. The van der Waals surface area contributed by atoms with E-state index in [1.807, 2.05) is 68.4 Å². The normalized spacial score (nSPS) is 10.7. The Balaban J connectivity index is 1.78. The molecule has 3 nitrogen and oxygen atoms in total. The molecule has 0 atom stereocenters. The van der Waals surface area contributed by atoms with E-state index < -0.39 is 0 Å². The second kappa shape index (κ2) is 10.1. The van der Waals surface area contributed by atoms with Crippen LogP contribution in [0.25, 0.3) is 0 Å². The molecule has 0 saturated heterocycles. The van der Waals surface area contributed by atoms with Crippen molar-refractivity contribution in [3.05, 3.63) is 86.4 Å². The van der Waals surface area contributed by atoms with E-state index in [2.05, 4.69) is 5.32 Å². The fraction of sp³-hybridized carbons (Fsp3) is 0.217. The van der Waals surface area contributed by atoms with Gasteiger partial charge in [0.25, 0.3) is 0 Å². The highest BCUT2D eigenvalue weighted by molar-refractivity contribution is 6.32. The van der Waals surface area contributed by atoms with E-state index in [9.17, 15) is 0 Å². The van der Waals surface area contributed by atoms with Crippen molar-refractivity contribution in [1.82, 2.24) is 0 Å². The number of benzene rings is 3. The number of hydrogen-bond donors (Lipinski definition) is 1. The van der Waals surface area contributed by atoms with Gasteiger partial charge in [0.15, 0.2) is 11.5 Å². The summed E-state index contributed by atoms with van der Waals surface area (Å²) in [4.78, 5) is 0. The van der Waals surface area contributed by atoms with E-state index >= 15 is 0 Å². The van der Waals surface area contributed by atoms with Gasteiger partial charge in [-0.15, -0.1) is 0 Å². The molecule has 0 heterocycles. The van der Waals surface area contributed by atoms with Crippen LogP contribution < -0.4 is 14.8 Å². The predicted molar refractivity (Wildman–Crippen MR) is 122 cm³/mol. The molecule has 6 heteroatoms. The first-order chi connectivity index (χ1) is 14.0. The van der Waals surface area contributed by atoms with Gasteiger partial charge in [-0.1, -0.05) is 59.1 Å². The molecule has 0 fully saturated rings. The largest absolute Gasteiger partial charge is 0.490 e. The molecule has 3 rings (SSSR count). The van der Waals surface area contributed by atoms with Gasteiger partial charge in [-0.2, -0.15) is 0 Å². The van der Waals surface area contributed by atoms with E-state index in [0.717, 1.165) is 22.4 Å². The van der Waals surface area contributed by atoms with Crippen LogP contribution in [0.4, 0.5) is 5.69 Å². The summed E-state index contributed by atoms with van der Waals surface area (Å²) < 4.78 is 11.7. The zero-order chi connectivity index (χ0) is 20.8. The van der Waals surface area contributed by atoms with Gasteiger partial charge in [0.1, 0.15) is 6.61 Å². The minimum atomic E-state index is 0.304. The van der Waals surface area contributed by atoms with Crippen molar-refractivity contribution < 1.29 is 9.47 Å². The Bertz CT molecular complexity index is 992. The van der Waals surface area contributed by atoms with Gasteiger partial charge >= 0.3 is 0 Å². The van der Waals surface area contributed by atoms with Crippen LogP contribution in [0.5, 0.6) is 11.5 Å². The topological polar surface area (TPSA) is 30.5 Å². The summed E-state index contributed by atoms with van der Waals surface area (Å²) in [7, 11) is 0. The van der Waals surface area contributed by atoms with Gasteiger partial charge in [0.05, 0.1) is 11.6 Å². The van der Waals surface area contributed by atoms with Crippen LogP contribution >= 0.6 is 34.8 Å². The molecule has 0 amide bonds. The summed E-state index contributed by atoms with van der Waals surface area (Å²) in [6.45, 7) is 5.34. The third kappa shape index (κ3) is 5.72. The molecule has 0 saturated carbocycles. The lowest BCUT2D eigenvalue weighted by atomic mass is 10.1. The molecule has 0 aliphatic rings. The van der Waals surface area contributed by atoms with Crippen molar-refractivity contribution in [3.63, 3.8) is 0 Å². The molecule has 0 bridgehead atoms. The van der Waals surface area contributed by atoms with Crippen LogP contribution in [-0.4, -0.2) is 6.61 Å². The average molecular weight is 451 g/mol. The summed E-state index contributed by atoms with van der Waals surface area (Å²) in [6.07, 6.45) is 0. The molecule has 1 N–H and O–H groups in total. The lowest BCUT2D eigenvalue weighted by Gasteiger charge is -2.17. The molecule has 0 radical (unpaired) electrons. The first-order valence-corrected chi connectivity index (χ1v) is 10.4. The number of rotatable bonds is 8. The summed E-state index contributed by atoms with van der Waals surface area (Å²) in [5.41, 5.74) is 3.95. The van der Waals surface area contributed by atoms with Crippen molar-refractivity contribution in [2.75, 3.05) is 11.9 Å². The van der Waals surface area contributed by atoms with Crippen LogP contribution in [0.1, 0.15) is 23.6 Å². The van der Waals surface area contributed by atoms with Crippen molar-refractivity contribution in [2.24, 2.45) is 0 Å². The predicted octanol–water partition coefficient (Wildman–Crippen LogP) is 7.55. The van der Waals surface area contributed by atoms with Crippen molar-refractivity contribution in [3.8, 4) is 11.5 Å². The molecule has 0 aromatic heterocycles. The maximum atomic E-state index is 6.53. The van der Waals surface area contributed by atoms with E-state index in [0.29, 0.717) is 46.3 Å². The van der Waals surface area contributed by atoms with Crippen molar-refractivity contribution in [1.29, 1.82) is 0 Å². The zero-order valence-electron chi connectivity index (χ0n) is 16.3. The average Bonchev–Trinajstić information content (AvgIpc) is 2.69. The lowest BCUT2D eigenvalue weighted by Crippen LogP contribution is -2.04. The Labute approximate surface area is 186 Å². The fourth-order valence-corrected chi connectivity index (χ4v) is 3.52. The summed E-state index contributed by atoms with van der Waals surface area (Å²) in [5, 5.41) is 5.22. The van der Waals surface area contributed by atoms with Gasteiger partial charge in [-0.3, -0.25) is 0 Å². The van der Waals surface area contributed by atoms with Gasteiger partial charge in [0.2, 0.25) is 0 Å². The molecular weight excluding hydrogens is 429 g/mol. The Morgan fingerprint density at radius 3 is 2.45 bits per heavy atom. The maximum Gasteiger partial charge on any atom is 0.180 e. The first-order valence-electron chi connectivity index (χ1n) is 9.29. The van der Waals surface area contributed by atoms with Crippen molar-refractivity contribution in [2.45, 2.75) is 27.0 Å². The molecule has 152 valence electrons. The first kappa shape index (κ1) is 21.6. The molecule has 29 heavy (non-hydrogen) atoms. The van der Waals surface area contributed by atoms with E-state index in [4.69, 9.17) is 44.3 Å². The monoisotopic (exact) mass is 449 g/mol. The third-order valence-electron chi connectivity index (χ3n) is 4.38. The number of hydrogen-bond acceptors (Lipinski definition) is 3. The lowest BCUT2D eigenvalue weighted by molar-refractivity contribution is 0.269. The minimum absolute atomic E-state index is 0.304.